The fourth-order valence-electron chi connectivity index (χ4n) is 4.45. The van der Waals surface area contributed by atoms with E-state index in [-0.39, 0.29) is 11.8 Å². The van der Waals surface area contributed by atoms with Gasteiger partial charge in [-0.1, -0.05) is 49.4 Å². The summed E-state index contributed by atoms with van der Waals surface area (Å²) < 4.78 is 8.18. The van der Waals surface area contributed by atoms with Gasteiger partial charge in [0.2, 0.25) is 5.91 Å². The number of hydrogen-bond acceptors (Lipinski definition) is 3. The SMILES string of the molecule is CCc1ccc(N2C[C@@H](c3nc4ccccc4n3CCOc3ccccc3)CC2=O)cc1. The van der Waals surface area contributed by atoms with Gasteiger partial charge in [0, 0.05) is 24.6 Å². The Morgan fingerprint density at radius 2 is 1.72 bits per heavy atom. The van der Waals surface area contributed by atoms with Crippen LogP contribution in [0.5, 0.6) is 5.75 Å². The van der Waals surface area contributed by atoms with Crippen molar-refractivity contribution in [2.75, 3.05) is 18.1 Å². The van der Waals surface area contributed by atoms with Crippen LogP contribution in [0.4, 0.5) is 5.69 Å². The first-order chi connectivity index (χ1) is 15.7. The van der Waals surface area contributed by atoms with Gasteiger partial charge in [-0.2, -0.15) is 0 Å². The number of imidazole rings is 1. The maximum atomic E-state index is 12.9. The predicted octanol–water partition coefficient (Wildman–Crippen LogP) is 5.20. The molecule has 1 aliphatic heterocycles. The zero-order valence-corrected chi connectivity index (χ0v) is 18.3. The van der Waals surface area contributed by atoms with Crippen molar-refractivity contribution in [3.8, 4) is 5.75 Å². The Morgan fingerprint density at radius 3 is 2.50 bits per heavy atom. The topological polar surface area (TPSA) is 47.4 Å². The standard InChI is InChI=1S/C27H27N3O2/c1-2-20-12-14-22(15-13-20)30-19-21(18-26(30)31)27-28-24-10-6-7-11-25(24)29(27)16-17-32-23-8-4-3-5-9-23/h3-15,21H,2,16-19H2,1H3/t21-/m0/s1. The number of amides is 1. The van der Waals surface area contributed by atoms with E-state index in [9.17, 15) is 4.79 Å². The number of fused-ring (bicyclic) bond motifs is 1. The monoisotopic (exact) mass is 425 g/mol. The highest BCUT2D eigenvalue weighted by Gasteiger charge is 2.34. The molecule has 3 aromatic carbocycles. The van der Waals surface area contributed by atoms with Crippen molar-refractivity contribution in [2.24, 2.45) is 0 Å². The summed E-state index contributed by atoms with van der Waals surface area (Å²) in [4.78, 5) is 19.7. The van der Waals surface area contributed by atoms with Crippen LogP contribution in [0.3, 0.4) is 0 Å². The molecule has 1 fully saturated rings. The number of rotatable bonds is 7. The summed E-state index contributed by atoms with van der Waals surface area (Å²) in [5.74, 6) is 2.02. The highest BCUT2D eigenvalue weighted by atomic mass is 16.5. The second-order valence-electron chi connectivity index (χ2n) is 8.20. The molecule has 162 valence electrons. The van der Waals surface area contributed by atoms with Crippen LogP contribution in [0, 0.1) is 0 Å². The van der Waals surface area contributed by atoms with Gasteiger partial charge < -0.3 is 14.2 Å². The number of para-hydroxylation sites is 3. The van der Waals surface area contributed by atoms with Gasteiger partial charge in [-0.3, -0.25) is 4.79 Å². The molecule has 0 saturated carbocycles. The largest absolute Gasteiger partial charge is 0.492 e. The third-order valence-electron chi connectivity index (χ3n) is 6.16. The fraction of sp³-hybridized carbons (Fsp3) is 0.259. The molecule has 5 rings (SSSR count). The van der Waals surface area contributed by atoms with E-state index in [0.717, 1.165) is 34.7 Å². The first-order valence-electron chi connectivity index (χ1n) is 11.2. The number of nitrogens with zero attached hydrogens (tertiary/aromatic N) is 3. The number of benzene rings is 3. The molecular weight excluding hydrogens is 398 g/mol. The smallest absolute Gasteiger partial charge is 0.227 e. The quantitative estimate of drug-likeness (QED) is 0.409. The van der Waals surface area contributed by atoms with E-state index in [2.05, 4.69) is 41.8 Å². The van der Waals surface area contributed by atoms with Crippen LogP contribution in [-0.4, -0.2) is 28.6 Å². The van der Waals surface area contributed by atoms with Gasteiger partial charge in [0.1, 0.15) is 18.2 Å². The Hall–Kier alpha value is -3.60. The molecule has 0 N–H and O–H groups in total. The summed E-state index contributed by atoms with van der Waals surface area (Å²) in [6.45, 7) is 4.01. The minimum atomic E-state index is 0.0532. The molecule has 0 radical (unpaired) electrons. The molecule has 1 aliphatic rings. The zero-order valence-electron chi connectivity index (χ0n) is 18.3. The molecular formula is C27H27N3O2. The van der Waals surface area contributed by atoms with Gasteiger partial charge >= 0.3 is 0 Å². The zero-order chi connectivity index (χ0) is 21.9. The fourth-order valence-corrected chi connectivity index (χ4v) is 4.45. The van der Waals surface area contributed by atoms with E-state index < -0.39 is 0 Å². The lowest BCUT2D eigenvalue weighted by Gasteiger charge is -2.18. The van der Waals surface area contributed by atoms with E-state index in [1.165, 1.54) is 5.56 Å². The number of hydrogen-bond donors (Lipinski definition) is 0. The van der Waals surface area contributed by atoms with Gasteiger partial charge in [-0.15, -0.1) is 0 Å². The Kier molecular flexibility index (Phi) is 5.63. The van der Waals surface area contributed by atoms with Crippen molar-refractivity contribution in [3.63, 3.8) is 0 Å². The van der Waals surface area contributed by atoms with Crippen LogP contribution in [0.15, 0.2) is 78.9 Å². The second kappa shape index (κ2) is 8.87. The molecule has 4 aromatic rings. The Bertz CT molecular complexity index is 1210. The Morgan fingerprint density at radius 1 is 0.969 bits per heavy atom. The first-order valence-corrected chi connectivity index (χ1v) is 11.2. The van der Waals surface area contributed by atoms with E-state index >= 15 is 0 Å². The summed E-state index contributed by atoms with van der Waals surface area (Å²) in [5, 5.41) is 0. The van der Waals surface area contributed by atoms with E-state index in [4.69, 9.17) is 9.72 Å². The number of carbonyl (C=O) groups is 1. The van der Waals surface area contributed by atoms with E-state index in [1.807, 2.05) is 53.4 Å². The van der Waals surface area contributed by atoms with Gasteiger partial charge in [-0.25, -0.2) is 4.98 Å². The van der Waals surface area contributed by atoms with Crippen molar-refractivity contribution in [2.45, 2.75) is 32.2 Å². The Labute approximate surface area is 188 Å². The summed E-state index contributed by atoms with van der Waals surface area (Å²) in [7, 11) is 0. The van der Waals surface area contributed by atoms with Gasteiger partial charge in [0.25, 0.3) is 0 Å². The molecule has 1 saturated heterocycles. The number of aryl methyl sites for hydroxylation is 1. The lowest BCUT2D eigenvalue weighted by atomic mass is 10.1. The summed E-state index contributed by atoms with van der Waals surface area (Å²) in [6.07, 6.45) is 1.46. The van der Waals surface area contributed by atoms with Gasteiger partial charge in [0.15, 0.2) is 0 Å². The molecule has 0 unspecified atom stereocenters. The average molecular weight is 426 g/mol. The van der Waals surface area contributed by atoms with E-state index in [1.54, 1.807) is 0 Å². The molecule has 2 heterocycles. The highest BCUT2D eigenvalue weighted by molar-refractivity contribution is 5.96. The second-order valence-corrected chi connectivity index (χ2v) is 8.20. The maximum absolute atomic E-state index is 12.9. The molecule has 5 nitrogen and oxygen atoms in total. The van der Waals surface area contributed by atoms with Crippen LogP contribution in [0.25, 0.3) is 11.0 Å². The normalized spacial score (nSPS) is 16.1. The van der Waals surface area contributed by atoms with E-state index in [0.29, 0.717) is 26.1 Å². The third kappa shape index (κ3) is 3.98. The lowest BCUT2D eigenvalue weighted by molar-refractivity contribution is -0.117. The first kappa shape index (κ1) is 20.3. The lowest BCUT2D eigenvalue weighted by Crippen LogP contribution is -2.24. The molecule has 0 aliphatic carbocycles. The number of carbonyl (C=O) groups excluding carboxylic acids is 1. The third-order valence-corrected chi connectivity index (χ3v) is 6.16. The van der Waals surface area contributed by atoms with Crippen molar-refractivity contribution in [3.05, 3.63) is 90.3 Å². The number of aromatic nitrogens is 2. The average Bonchev–Trinajstić information content (AvgIpc) is 3.40. The highest BCUT2D eigenvalue weighted by Crippen LogP contribution is 2.33. The van der Waals surface area contributed by atoms with Crippen LogP contribution in [0.2, 0.25) is 0 Å². The van der Waals surface area contributed by atoms with Crippen LogP contribution in [-0.2, 0) is 17.8 Å². The van der Waals surface area contributed by atoms with Gasteiger partial charge in [-0.05, 0) is 48.4 Å². The van der Waals surface area contributed by atoms with Crippen LogP contribution < -0.4 is 9.64 Å². The van der Waals surface area contributed by atoms with Crippen LogP contribution >= 0.6 is 0 Å². The molecule has 0 spiro atoms. The molecule has 1 amide bonds. The maximum Gasteiger partial charge on any atom is 0.227 e. The minimum absolute atomic E-state index is 0.0532. The molecule has 1 aromatic heterocycles. The van der Waals surface area contributed by atoms with Crippen LogP contribution in [0.1, 0.15) is 30.7 Å². The molecule has 32 heavy (non-hydrogen) atoms. The van der Waals surface area contributed by atoms with Crippen molar-refractivity contribution in [1.29, 1.82) is 0 Å². The predicted molar refractivity (Wildman–Crippen MR) is 127 cm³/mol. The number of ether oxygens (including phenoxy) is 1. The molecule has 1 atom stereocenters. The molecule has 0 bridgehead atoms. The summed E-state index contributed by atoms with van der Waals surface area (Å²) in [6, 6.07) is 26.3. The van der Waals surface area contributed by atoms with Crippen molar-refractivity contribution >= 4 is 22.6 Å². The van der Waals surface area contributed by atoms with Gasteiger partial charge in [0.05, 0.1) is 17.6 Å². The minimum Gasteiger partial charge on any atom is -0.492 e. The molecule has 5 heteroatoms. The van der Waals surface area contributed by atoms with Crippen molar-refractivity contribution in [1.82, 2.24) is 9.55 Å². The Balaban J connectivity index is 1.39. The number of anilines is 1. The summed E-state index contributed by atoms with van der Waals surface area (Å²) >= 11 is 0. The van der Waals surface area contributed by atoms with Crippen molar-refractivity contribution < 1.29 is 9.53 Å². The summed E-state index contributed by atoms with van der Waals surface area (Å²) in [5.41, 5.74) is 4.28.